The fraction of sp³-hybridized carbons (Fsp3) is 0.214. The van der Waals surface area contributed by atoms with Crippen molar-refractivity contribution < 1.29 is 23.1 Å². The number of benzene rings is 3. The number of rotatable bonds is 8. The van der Waals surface area contributed by atoms with Crippen LogP contribution in [0.1, 0.15) is 12.0 Å². The summed E-state index contributed by atoms with van der Waals surface area (Å²) in [6.45, 7) is 0.332. The van der Waals surface area contributed by atoms with E-state index >= 15 is 0 Å². The molecule has 10 heteroatoms. The lowest BCUT2D eigenvalue weighted by molar-refractivity contribution is -0.137. The van der Waals surface area contributed by atoms with Crippen LogP contribution in [0.15, 0.2) is 85.5 Å². The van der Waals surface area contributed by atoms with Gasteiger partial charge in [0.25, 0.3) is 0 Å². The largest absolute Gasteiger partial charge is 0.457 e. The third-order valence-electron chi connectivity index (χ3n) is 6.36. The summed E-state index contributed by atoms with van der Waals surface area (Å²) in [5.74, 6) is -0.240. The Balaban J connectivity index is 1.27. The Hall–Kier alpha value is -4.60. The smallest absolute Gasteiger partial charge is 0.247 e. The maximum atomic E-state index is 13.7. The predicted molar refractivity (Wildman–Crippen MR) is 135 cm³/mol. The number of likely N-dealkylation sites (tertiary alicyclic amines) is 1. The summed E-state index contributed by atoms with van der Waals surface area (Å²) in [4.78, 5) is 31.9. The van der Waals surface area contributed by atoms with Crippen LogP contribution in [0.25, 0.3) is 0 Å². The molecule has 194 valence electrons. The Morgan fingerprint density at radius 3 is 2.39 bits per heavy atom. The standard InChI is InChI=1S/C28H25F2N5O3/c29-21-4-8-24(9-5-21)38-25-10-6-23(7-11-25)33-28(37)26-14-20(12-19-2-1-3-22(30)13-19)15-35(26)27(36)16-34-18-31-17-32-34/h1-11,13,17-18,20,26H,12,14-16H2,(H,33,37)/t20-,26+/m1/s1. The van der Waals surface area contributed by atoms with Crippen molar-refractivity contribution in [1.29, 1.82) is 0 Å². The van der Waals surface area contributed by atoms with Crippen molar-refractivity contribution >= 4 is 17.5 Å². The van der Waals surface area contributed by atoms with Crippen molar-refractivity contribution in [1.82, 2.24) is 19.7 Å². The van der Waals surface area contributed by atoms with Gasteiger partial charge in [-0.2, -0.15) is 5.10 Å². The van der Waals surface area contributed by atoms with Gasteiger partial charge in [0.05, 0.1) is 0 Å². The third-order valence-corrected chi connectivity index (χ3v) is 6.36. The Bertz CT molecular complexity index is 1400. The SMILES string of the molecule is O=C(Nc1ccc(Oc2ccc(F)cc2)cc1)[C@@H]1C[C@@H](Cc2cccc(F)c2)CN1C(=O)Cn1cncn1. The highest BCUT2D eigenvalue weighted by Gasteiger charge is 2.39. The van der Waals surface area contributed by atoms with Crippen molar-refractivity contribution in [2.45, 2.75) is 25.4 Å². The molecule has 0 radical (unpaired) electrons. The molecule has 0 aliphatic carbocycles. The first-order valence-electron chi connectivity index (χ1n) is 12.1. The van der Waals surface area contributed by atoms with Crippen LogP contribution in [-0.2, 0) is 22.6 Å². The number of aromatic nitrogens is 3. The molecule has 0 spiro atoms. The van der Waals surface area contributed by atoms with Gasteiger partial charge in [-0.3, -0.25) is 9.59 Å². The molecule has 0 unspecified atom stereocenters. The first kappa shape index (κ1) is 25.1. The van der Waals surface area contributed by atoms with Gasteiger partial charge in [-0.1, -0.05) is 12.1 Å². The minimum Gasteiger partial charge on any atom is -0.457 e. The van der Waals surface area contributed by atoms with Gasteiger partial charge in [0.2, 0.25) is 11.8 Å². The number of hydrogen-bond acceptors (Lipinski definition) is 5. The zero-order valence-electron chi connectivity index (χ0n) is 20.3. The molecule has 2 atom stereocenters. The van der Waals surface area contributed by atoms with Crippen molar-refractivity contribution in [2.24, 2.45) is 5.92 Å². The van der Waals surface area contributed by atoms with E-state index in [-0.39, 0.29) is 35.9 Å². The van der Waals surface area contributed by atoms with Crippen LogP contribution in [-0.4, -0.2) is 44.1 Å². The molecular formula is C28H25F2N5O3. The number of nitrogens with one attached hydrogen (secondary N) is 1. The van der Waals surface area contributed by atoms with Crippen molar-refractivity contribution in [3.05, 3.63) is 103 Å². The lowest BCUT2D eigenvalue weighted by Crippen LogP contribution is -2.44. The minimum atomic E-state index is -0.695. The molecule has 1 N–H and O–H groups in total. The van der Waals surface area contributed by atoms with Gasteiger partial charge in [-0.05, 0) is 85.0 Å². The van der Waals surface area contributed by atoms with Crippen LogP contribution in [0.2, 0.25) is 0 Å². The van der Waals surface area contributed by atoms with Gasteiger partial charge in [0.1, 0.15) is 48.4 Å². The second-order valence-corrected chi connectivity index (χ2v) is 9.16. The monoisotopic (exact) mass is 517 g/mol. The molecule has 1 aliphatic heterocycles. The molecule has 1 fully saturated rings. The third kappa shape index (κ3) is 6.20. The van der Waals surface area contributed by atoms with Gasteiger partial charge < -0.3 is 15.0 Å². The van der Waals surface area contributed by atoms with E-state index in [1.807, 2.05) is 6.07 Å². The van der Waals surface area contributed by atoms with Crippen LogP contribution >= 0.6 is 0 Å². The molecule has 0 saturated carbocycles. The molecule has 1 saturated heterocycles. The van der Waals surface area contributed by atoms with Crippen LogP contribution in [0, 0.1) is 17.6 Å². The number of halogens is 2. The lowest BCUT2D eigenvalue weighted by atomic mass is 9.96. The summed E-state index contributed by atoms with van der Waals surface area (Å²) in [6.07, 6.45) is 3.78. The Labute approximate surface area is 217 Å². The number of amides is 2. The molecule has 3 aromatic carbocycles. The van der Waals surface area contributed by atoms with Gasteiger partial charge in [0.15, 0.2) is 0 Å². The maximum Gasteiger partial charge on any atom is 0.247 e. The Morgan fingerprint density at radius 1 is 0.974 bits per heavy atom. The molecular weight excluding hydrogens is 492 g/mol. The molecule has 1 aromatic heterocycles. The summed E-state index contributed by atoms with van der Waals surface area (Å²) >= 11 is 0. The van der Waals surface area contributed by atoms with Crippen molar-refractivity contribution in [2.75, 3.05) is 11.9 Å². The Morgan fingerprint density at radius 2 is 1.71 bits per heavy atom. The summed E-state index contributed by atoms with van der Waals surface area (Å²) in [7, 11) is 0. The summed E-state index contributed by atoms with van der Waals surface area (Å²) in [5.41, 5.74) is 1.36. The van der Waals surface area contributed by atoms with E-state index in [0.29, 0.717) is 36.6 Å². The Kier molecular flexibility index (Phi) is 7.39. The molecule has 0 bridgehead atoms. The van der Waals surface area contributed by atoms with Gasteiger partial charge in [0, 0.05) is 12.2 Å². The van der Waals surface area contributed by atoms with Gasteiger partial charge >= 0.3 is 0 Å². The highest BCUT2D eigenvalue weighted by molar-refractivity contribution is 5.97. The molecule has 1 aliphatic rings. The van der Waals surface area contributed by atoms with Crippen LogP contribution in [0.4, 0.5) is 14.5 Å². The summed E-state index contributed by atoms with van der Waals surface area (Å²) in [6, 6.07) is 18.1. The predicted octanol–water partition coefficient (Wildman–Crippen LogP) is 4.45. The molecule has 5 rings (SSSR count). The van der Waals surface area contributed by atoms with E-state index in [2.05, 4.69) is 15.4 Å². The average molecular weight is 518 g/mol. The second-order valence-electron chi connectivity index (χ2n) is 9.16. The van der Waals surface area contributed by atoms with Crippen LogP contribution in [0.3, 0.4) is 0 Å². The summed E-state index contributed by atoms with van der Waals surface area (Å²) in [5, 5.41) is 6.88. The minimum absolute atomic E-state index is 0.0151. The van der Waals surface area contributed by atoms with E-state index < -0.39 is 6.04 Å². The zero-order chi connectivity index (χ0) is 26.5. The van der Waals surface area contributed by atoms with Crippen molar-refractivity contribution in [3.8, 4) is 11.5 Å². The highest BCUT2D eigenvalue weighted by atomic mass is 19.1. The fourth-order valence-corrected chi connectivity index (χ4v) is 4.61. The van der Waals surface area contributed by atoms with Crippen LogP contribution < -0.4 is 10.1 Å². The highest BCUT2D eigenvalue weighted by Crippen LogP contribution is 2.29. The summed E-state index contributed by atoms with van der Waals surface area (Å²) < 4.78 is 33.9. The fourth-order valence-electron chi connectivity index (χ4n) is 4.61. The molecule has 2 amide bonds. The number of carbonyl (C=O) groups is 2. The second kappa shape index (κ2) is 11.2. The van der Waals surface area contributed by atoms with Crippen LogP contribution in [0.5, 0.6) is 11.5 Å². The molecule has 4 aromatic rings. The number of anilines is 1. The topological polar surface area (TPSA) is 89.4 Å². The average Bonchev–Trinajstić information content (AvgIpc) is 3.57. The first-order valence-corrected chi connectivity index (χ1v) is 12.1. The quantitative estimate of drug-likeness (QED) is 0.373. The maximum absolute atomic E-state index is 13.7. The van der Waals surface area contributed by atoms with E-state index in [1.165, 1.54) is 53.7 Å². The van der Waals surface area contributed by atoms with Gasteiger partial charge in [-0.25, -0.2) is 18.4 Å². The molecule has 38 heavy (non-hydrogen) atoms. The molecule has 8 nitrogen and oxygen atoms in total. The molecule has 2 heterocycles. The van der Waals surface area contributed by atoms with E-state index in [4.69, 9.17) is 4.74 Å². The van der Waals surface area contributed by atoms with E-state index in [9.17, 15) is 18.4 Å². The number of nitrogens with zero attached hydrogens (tertiary/aromatic N) is 4. The lowest BCUT2D eigenvalue weighted by Gasteiger charge is -2.24. The van der Waals surface area contributed by atoms with Crippen molar-refractivity contribution in [3.63, 3.8) is 0 Å². The normalized spacial score (nSPS) is 16.8. The van der Waals surface area contributed by atoms with E-state index in [1.54, 1.807) is 35.2 Å². The zero-order valence-corrected chi connectivity index (χ0v) is 20.3. The van der Waals surface area contributed by atoms with Gasteiger partial charge in [-0.15, -0.1) is 0 Å². The number of carbonyl (C=O) groups excluding carboxylic acids is 2. The number of hydrogen-bond donors (Lipinski definition) is 1. The number of ether oxygens (including phenoxy) is 1. The van der Waals surface area contributed by atoms with E-state index in [0.717, 1.165) is 5.56 Å². The first-order chi connectivity index (χ1) is 18.4.